The predicted octanol–water partition coefficient (Wildman–Crippen LogP) is 4.97. The highest BCUT2D eigenvalue weighted by Crippen LogP contribution is 2.38. The van der Waals surface area contributed by atoms with Crippen molar-refractivity contribution in [1.29, 1.82) is 0 Å². The third kappa shape index (κ3) is 6.54. The number of hydrogen-bond acceptors (Lipinski definition) is 8. The number of halogens is 1. The third-order valence-electron chi connectivity index (χ3n) is 6.32. The molecule has 3 atom stereocenters. The smallest absolute Gasteiger partial charge is 0.223 e. The van der Waals surface area contributed by atoms with Crippen molar-refractivity contribution >= 4 is 30.1 Å². The molecule has 1 saturated carbocycles. The van der Waals surface area contributed by atoms with Gasteiger partial charge in [-0.3, -0.25) is 9.89 Å². The highest BCUT2D eigenvalue weighted by molar-refractivity contribution is 5.79. The lowest BCUT2D eigenvalue weighted by atomic mass is 10.0. The van der Waals surface area contributed by atoms with Crippen molar-refractivity contribution in [2.24, 2.45) is 11.0 Å². The summed E-state index contributed by atoms with van der Waals surface area (Å²) in [5.41, 5.74) is 2.65. The summed E-state index contributed by atoms with van der Waals surface area (Å²) >= 11 is 0. The highest BCUT2D eigenvalue weighted by Gasteiger charge is 2.33. The van der Waals surface area contributed by atoms with Crippen LogP contribution in [0.4, 0.5) is 21.8 Å². The minimum absolute atomic E-state index is 0.00227. The second-order valence-corrected chi connectivity index (χ2v) is 9.40. The monoisotopic (exact) mass is 505 g/mol. The van der Waals surface area contributed by atoms with Crippen LogP contribution in [-0.2, 0) is 4.79 Å². The molecular formula is C26H32FN9O. The van der Waals surface area contributed by atoms with Gasteiger partial charge in [0.15, 0.2) is 11.6 Å². The Kier molecular flexibility index (Phi) is 7.90. The Morgan fingerprint density at radius 2 is 2.08 bits per heavy atom. The normalized spacial score (nSPS) is 18.4. The molecule has 3 N–H and O–H groups in total. The SMILES string of the molecule is C=NN(/C=C(\C)F)c1ccc([C@H](C)NC(=O)[C@H]2CC[C@@H](c3nc(C)cc(Nc4cc(C)[nH]n4)n3)C2)cn1. The van der Waals surface area contributed by atoms with Gasteiger partial charge in [0.1, 0.15) is 17.5 Å². The van der Waals surface area contributed by atoms with Crippen LogP contribution in [0.2, 0.25) is 0 Å². The van der Waals surface area contributed by atoms with E-state index in [2.05, 4.69) is 42.6 Å². The zero-order chi connectivity index (χ0) is 26.5. The average Bonchev–Trinajstić information content (AvgIpc) is 3.51. The van der Waals surface area contributed by atoms with E-state index in [4.69, 9.17) is 4.98 Å². The molecule has 11 heteroatoms. The van der Waals surface area contributed by atoms with E-state index >= 15 is 0 Å². The first-order chi connectivity index (χ1) is 17.7. The number of anilines is 3. The molecule has 0 spiro atoms. The fourth-order valence-corrected chi connectivity index (χ4v) is 4.46. The van der Waals surface area contributed by atoms with Crippen LogP contribution in [0.1, 0.15) is 67.8 Å². The predicted molar refractivity (Wildman–Crippen MR) is 141 cm³/mol. The molecule has 194 valence electrons. The van der Waals surface area contributed by atoms with Gasteiger partial charge in [0.2, 0.25) is 5.91 Å². The van der Waals surface area contributed by atoms with Gasteiger partial charge in [0.25, 0.3) is 0 Å². The Morgan fingerprint density at radius 3 is 2.73 bits per heavy atom. The molecule has 0 bridgehead atoms. The summed E-state index contributed by atoms with van der Waals surface area (Å²) in [4.78, 5) is 26.7. The van der Waals surface area contributed by atoms with Gasteiger partial charge in [0.05, 0.1) is 12.2 Å². The van der Waals surface area contributed by atoms with E-state index in [1.807, 2.05) is 39.0 Å². The number of aromatic nitrogens is 5. The zero-order valence-electron chi connectivity index (χ0n) is 21.5. The van der Waals surface area contributed by atoms with Crippen LogP contribution in [0.15, 0.2) is 47.6 Å². The van der Waals surface area contributed by atoms with Gasteiger partial charge in [-0.2, -0.15) is 10.2 Å². The van der Waals surface area contributed by atoms with E-state index in [1.165, 1.54) is 18.1 Å². The Morgan fingerprint density at radius 1 is 1.27 bits per heavy atom. The molecule has 0 aliphatic heterocycles. The molecule has 1 aliphatic rings. The number of hydrogen-bond donors (Lipinski definition) is 3. The number of aromatic amines is 1. The van der Waals surface area contributed by atoms with E-state index in [1.54, 1.807) is 12.3 Å². The summed E-state index contributed by atoms with van der Waals surface area (Å²) in [6.45, 7) is 10.5. The van der Waals surface area contributed by atoms with Gasteiger partial charge in [-0.05, 0) is 58.6 Å². The number of nitrogens with zero attached hydrogens (tertiary/aromatic N) is 6. The van der Waals surface area contributed by atoms with Crippen LogP contribution >= 0.6 is 0 Å². The minimum Gasteiger partial charge on any atom is -0.349 e. The summed E-state index contributed by atoms with van der Waals surface area (Å²) in [6, 6.07) is 7.10. The quantitative estimate of drug-likeness (QED) is 0.277. The lowest BCUT2D eigenvalue weighted by molar-refractivity contribution is -0.125. The summed E-state index contributed by atoms with van der Waals surface area (Å²) < 4.78 is 13.2. The number of nitrogens with one attached hydrogen (secondary N) is 3. The molecule has 0 aromatic carbocycles. The molecule has 1 amide bonds. The number of pyridine rings is 1. The van der Waals surface area contributed by atoms with E-state index < -0.39 is 5.83 Å². The van der Waals surface area contributed by atoms with Gasteiger partial charge in [-0.1, -0.05) is 6.07 Å². The molecule has 37 heavy (non-hydrogen) atoms. The second-order valence-electron chi connectivity index (χ2n) is 9.40. The lowest BCUT2D eigenvalue weighted by Gasteiger charge is -2.19. The number of amides is 1. The van der Waals surface area contributed by atoms with Gasteiger partial charge in [0, 0.05) is 48.3 Å². The number of H-pyrrole nitrogens is 1. The Hall–Kier alpha value is -4.15. The largest absolute Gasteiger partial charge is 0.349 e. The summed E-state index contributed by atoms with van der Waals surface area (Å²) in [5, 5.41) is 18.4. The Labute approximate surface area is 215 Å². The average molecular weight is 506 g/mol. The van der Waals surface area contributed by atoms with Crippen molar-refractivity contribution < 1.29 is 9.18 Å². The number of hydrazone groups is 1. The summed E-state index contributed by atoms with van der Waals surface area (Å²) in [6.07, 6.45) is 5.15. The van der Waals surface area contributed by atoms with Gasteiger partial charge < -0.3 is 10.6 Å². The zero-order valence-corrected chi connectivity index (χ0v) is 21.5. The van der Waals surface area contributed by atoms with Crippen molar-refractivity contribution in [3.63, 3.8) is 0 Å². The molecule has 0 radical (unpaired) electrons. The maximum absolute atomic E-state index is 13.2. The van der Waals surface area contributed by atoms with Crippen molar-refractivity contribution in [3.05, 3.63) is 65.3 Å². The first kappa shape index (κ1) is 25.9. The van der Waals surface area contributed by atoms with E-state index in [-0.39, 0.29) is 23.8 Å². The molecule has 0 saturated heterocycles. The maximum atomic E-state index is 13.2. The molecule has 4 rings (SSSR count). The molecule has 0 unspecified atom stereocenters. The first-order valence-electron chi connectivity index (χ1n) is 12.2. The van der Waals surface area contributed by atoms with Crippen molar-refractivity contribution in [2.75, 3.05) is 10.3 Å². The van der Waals surface area contributed by atoms with Crippen molar-refractivity contribution in [1.82, 2.24) is 30.5 Å². The van der Waals surface area contributed by atoms with Crippen LogP contribution < -0.4 is 15.6 Å². The lowest BCUT2D eigenvalue weighted by Crippen LogP contribution is -2.31. The standard InChI is InChI=1S/C26H32FN9O/c1-15(27)14-36(28-5)24-9-8-21(13-29-24)18(4)31-26(37)20-7-6-19(12-20)25-30-16(2)10-22(33-25)32-23-11-17(3)34-35-23/h8-11,13-14,18-20H,5-7,12H2,1-4H3,(H,31,37)(H2,30,32,33,34,35)/b15-14+/t18-,19+,20-/m0/s1. The third-order valence-corrected chi connectivity index (χ3v) is 6.32. The summed E-state index contributed by atoms with van der Waals surface area (Å²) in [5.74, 6) is 2.15. The van der Waals surface area contributed by atoms with Crippen molar-refractivity contribution in [2.45, 2.75) is 58.9 Å². The van der Waals surface area contributed by atoms with E-state index in [9.17, 15) is 9.18 Å². The molecule has 1 fully saturated rings. The molecule has 3 heterocycles. The van der Waals surface area contributed by atoms with Crippen LogP contribution in [0, 0.1) is 19.8 Å². The van der Waals surface area contributed by atoms with Crippen LogP contribution in [-0.4, -0.2) is 37.8 Å². The van der Waals surface area contributed by atoms with Gasteiger partial charge in [-0.15, -0.1) is 0 Å². The van der Waals surface area contributed by atoms with Gasteiger partial charge >= 0.3 is 0 Å². The van der Waals surface area contributed by atoms with Crippen LogP contribution in [0.25, 0.3) is 0 Å². The maximum Gasteiger partial charge on any atom is 0.223 e. The van der Waals surface area contributed by atoms with Crippen LogP contribution in [0.3, 0.4) is 0 Å². The molecule has 3 aromatic rings. The van der Waals surface area contributed by atoms with Gasteiger partial charge in [-0.25, -0.2) is 24.4 Å². The number of carbonyl (C=O) groups is 1. The Balaban J connectivity index is 1.36. The fraction of sp³-hybridized carbons (Fsp3) is 0.385. The number of carbonyl (C=O) groups excluding carboxylic acids is 1. The molecule has 3 aromatic heterocycles. The number of rotatable bonds is 9. The van der Waals surface area contributed by atoms with E-state index in [0.717, 1.165) is 35.6 Å². The number of allylic oxidation sites excluding steroid dienone is 1. The van der Waals surface area contributed by atoms with Crippen LogP contribution in [0.5, 0.6) is 0 Å². The molecular weight excluding hydrogens is 473 g/mol. The van der Waals surface area contributed by atoms with Crippen molar-refractivity contribution in [3.8, 4) is 0 Å². The summed E-state index contributed by atoms with van der Waals surface area (Å²) in [7, 11) is 0. The van der Waals surface area contributed by atoms with E-state index in [0.29, 0.717) is 23.9 Å². The minimum atomic E-state index is -0.412. The highest BCUT2D eigenvalue weighted by atomic mass is 19.1. The molecule has 1 aliphatic carbocycles. The topological polar surface area (TPSA) is 124 Å². The fourth-order valence-electron chi connectivity index (χ4n) is 4.46. The second kappa shape index (κ2) is 11.3. The molecule has 10 nitrogen and oxygen atoms in total. The first-order valence-corrected chi connectivity index (χ1v) is 12.2. The Bertz CT molecular complexity index is 1280. The number of aryl methyl sites for hydroxylation is 2.